The van der Waals surface area contributed by atoms with Gasteiger partial charge >= 0.3 is 0 Å². The molecule has 1 N–H and O–H groups in total. The van der Waals surface area contributed by atoms with Crippen molar-refractivity contribution in [3.05, 3.63) is 76.1 Å². The van der Waals surface area contributed by atoms with Gasteiger partial charge in [0.1, 0.15) is 5.76 Å². The van der Waals surface area contributed by atoms with Gasteiger partial charge in [0.05, 0.1) is 11.4 Å². The molecule has 0 saturated carbocycles. The van der Waals surface area contributed by atoms with Crippen LogP contribution in [0.15, 0.2) is 52.9 Å². The van der Waals surface area contributed by atoms with Gasteiger partial charge in [0, 0.05) is 22.9 Å². The van der Waals surface area contributed by atoms with Crippen LogP contribution in [0.2, 0.25) is 5.02 Å². The molecular weight excluding hydrogens is 392 g/mol. The van der Waals surface area contributed by atoms with Gasteiger partial charge in [-0.3, -0.25) is 4.79 Å². The Morgan fingerprint density at radius 3 is 2.71 bits per heavy atom. The summed E-state index contributed by atoms with van der Waals surface area (Å²) in [6.45, 7) is 4.57. The number of oxazole rings is 1. The molecule has 0 aliphatic rings. The molecule has 0 aliphatic heterocycles. The SMILES string of the molecule is Cc1cccc(-c2nc(CSCC(=O)NCCc3ccc(Cl)cc3)c(C)o2)c1. The van der Waals surface area contributed by atoms with Crippen LogP contribution in [-0.2, 0) is 17.0 Å². The smallest absolute Gasteiger partial charge is 0.230 e. The molecule has 146 valence electrons. The lowest BCUT2D eigenvalue weighted by Gasteiger charge is -2.05. The van der Waals surface area contributed by atoms with Crippen molar-refractivity contribution in [2.45, 2.75) is 26.0 Å². The third kappa shape index (κ3) is 5.88. The van der Waals surface area contributed by atoms with E-state index in [2.05, 4.69) is 16.4 Å². The topological polar surface area (TPSA) is 55.1 Å². The molecule has 0 aliphatic carbocycles. The average molecular weight is 415 g/mol. The molecule has 0 spiro atoms. The Morgan fingerprint density at radius 2 is 1.96 bits per heavy atom. The maximum absolute atomic E-state index is 12.0. The average Bonchev–Trinajstić information content (AvgIpc) is 3.04. The van der Waals surface area contributed by atoms with E-state index in [1.165, 1.54) is 17.3 Å². The van der Waals surface area contributed by atoms with Crippen LogP contribution in [0.25, 0.3) is 11.5 Å². The number of amides is 1. The molecule has 28 heavy (non-hydrogen) atoms. The molecule has 3 rings (SSSR count). The van der Waals surface area contributed by atoms with Crippen LogP contribution in [0.4, 0.5) is 0 Å². The third-order valence-corrected chi connectivity index (χ3v) is 5.47. The molecule has 0 bridgehead atoms. The van der Waals surface area contributed by atoms with Crippen molar-refractivity contribution in [3.63, 3.8) is 0 Å². The van der Waals surface area contributed by atoms with Crippen LogP contribution in [-0.4, -0.2) is 23.2 Å². The number of nitrogens with one attached hydrogen (secondary N) is 1. The number of thioether (sulfide) groups is 1. The molecule has 4 nitrogen and oxygen atoms in total. The van der Waals surface area contributed by atoms with E-state index < -0.39 is 0 Å². The van der Waals surface area contributed by atoms with Gasteiger partial charge in [-0.25, -0.2) is 4.98 Å². The van der Waals surface area contributed by atoms with E-state index in [0.29, 0.717) is 23.9 Å². The number of aryl methyl sites for hydroxylation is 2. The van der Waals surface area contributed by atoms with E-state index in [0.717, 1.165) is 34.0 Å². The third-order valence-electron chi connectivity index (χ3n) is 4.28. The van der Waals surface area contributed by atoms with Gasteiger partial charge in [-0.05, 0) is 50.1 Å². The standard InChI is InChI=1S/C22H23ClN2O2S/c1-15-4-3-5-18(12-15)22-25-20(16(2)27-22)13-28-14-21(26)24-11-10-17-6-8-19(23)9-7-17/h3-9,12H,10-11,13-14H2,1-2H3,(H,24,26). The van der Waals surface area contributed by atoms with Crippen LogP contribution < -0.4 is 5.32 Å². The van der Waals surface area contributed by atoms with Crippen LogP contribution in [0, 0.1) is 13.8 Å². The molecule has 0 unspecified atom stereocenters. The summed E-state index contributed by atoms with van der Waals surface area (Å²) in [4.78, 5) is 16.6. The van der Waals surface area contributed by atoms with Crippen LogP contribution >= 0.6 is 23.4 Å². The molecule has 0 saturated heterocycles. The second-order valence-electron chi connectivity index (χ2n) is 6.61. The number of carbonyl (C=O) groups excluding carboxylic acids is 1. The van der Waals surface area contributed by atoms with Crippen molar-refractivity contribution in [2.24, 2.45) is 0 Å². The van der Waals surface area contributed by atoms with Crippen LogP contribution in [0.3, 0.4) is 0 Å². The van der Waals surface area contributed by atoms with Gasteiger partial charge in [0.15, 0.2) is 0 Å². The number of hydrogen-bond donors (Lipinski definition) is 1. The van der Waals surface area contributed by atoms with E-state index >= 15 is 0 Å². The minimum absolute atomic E-state index is 0.0269. The first-order valence-electron chi connectivity index (χ1n) is 9.13. The number of aromatic nitrogens is 1. The maximum Gasteiger partial charge on any atom is 0.230 e. The lowest BCUT2D eigenvalue weighted by Crippen LogP contribution is -2.27. The second kappa shape index (κ2) is 9.80. The highest BCUT2D eigenvalue weighted by Crippen LogP contribution is 2.24. The lowest BCUT2D eigenvalue weighted by molar-refractivity contribution is -0.118. The Morgan fingerprint density at radius 1 is 1.18 bits per heavy atom. The van der Waals surface area contributed by atoms with Gasteiger partial charge in [0.2, 0.25) is 11.8 Å². The summed E-state index contributed by atoms with van der Waals surface area (Å²) >= 11 is 7.41. The number of nitrogens with zero attached hydrogens (tertiary/aromatic N) is 1. The molecule has 0 atom stereocenters. The molecule has 3 aromatic rings. The first kappa shape index (κ1) is 20.5. The summed E-state index contributed by atoms with van der Waals surface area (Å²) in [5.41, 5.74) is 4.17. The van der Waals surface area contributed by atoms with Crippen molar-refractivity contribution in [3.8, 4) is 11.5 Å². The van der Waals surface area contributed by atoms with Crippen molar-refractivity contribution in [1.82, 2.24) is 10.3 Å². The molecule has 1 amide bonds. The number of carbonyl (C=O) groups is 1. The fraction of sp³-hybridized carbons (Fsp3) is 0.273. The van der Waals surface area contributed by atoms with Crippen LogP contribution in [0.1, 0.15) is 22.6 Å². The molecule has 6 heteroatoms. The Labute approximate surface area is 174 Å². The van der Waals surface area contributed by atoms with Gasteiger partial charge in [-0.15, -0.1) is 11.8 Å². The fourth-order valence-corrected chi connectivity index (χ4v) is 3.73. The first-order valence-corrected chi connectivity index (χ1v) is 10.7. The summed E-state index contributed by atoms with van der Waals surface area (Å²) in [5.74, 6) is 2.49. The Kier molecular flexibility index (Phi) is 7.18. The zero-order valence-electron chi connectivity index (χ0n) is 16.0. The number of rotatable bonds is 8. The van der Waals surface area contributed by atoms with Crippen molar-refractivity contribution in [1.29, 1.82) is 0 Å². The Bertz CT molecular complexity index is 938. The highest BCUT2D eigenvalue weighted by Gasteiger charge is 2.12. The number of hydrogen-bond acceptors (Lipinski definition) is 4. The van der Waals surface area contributed by atoms with E-state index in [1.54, 1.807) is 0 Å². The van der Waals surface area contributed by atoms with E-state index in [9.17, 15) is 4.79 Å². The van der Waals surface area contributed by atoms with Crippen molar-refractivity contribution < 1.29 is 9.21 Å². The lowest BCUT2D eigenvalue weighted by atomic mass is 10.1. The maximum atomic E-state index is 12.0. The van der Waals surface area contributed by atoms with Crippen molar-refractivity contribution in [2.75, 3.05) is 12.3 Å². The van der Waals surface area contributed by atoms with Crippen LogP contribution in [0.5, 0.6) is 0 Å². The normalized spacial score (nSPS) is 10.8. The predicted octanol–water partition coefficient (Wildman–Crippen LogP) is 5.20. The molecule has 0 fully saturated rings. The quantitative estimate of drug-likeness (QED) is 0.550. The molecular formula is C22H23ClN2O2S. The van der Waals surface area contributed by atoms with Crippen molar-refractivity contribution >= 4 is 29.3 Å². The highest BCUT2D eigenvalue weighted by molar-refractivity contribution is 7.99. The second-order valence-corrected chi connectivity index (χ2v) is 8.03. The Balaban J connectivity index is 1.43. The molecule has 0 radical (unpaired) electrons. The largest absolute Gasteiger partial charge is 0.441 e. The zero-order valence-corrected chi connectivity index (χ0v) is 17.6. The first-order chi connectivity index (χ1) is 13.5. The Hall–Kier alpha value is -2.24. The summed E-state index contributed by atoms with van der Waals surface area (Å²) in [5, 5.41) is 3.67. The summed E-state index contributed by atoms with van der Waals surface area (Å²) in [6.07, 6.45) is 0.788. The minimum Gasteiger partial charge on any atom is -0.441 e. The minimum atomic E-state index is 0.0269. The molecule has 2 aromatic carbocycles. The van der Waals surface area contributed by atoms with Gasteiger partial charge in [-0.1, -0.05) is 41.4 Å². The fourth-order valence-electron chi connectivity index (χ4n) is 2.75. The summed E-state index contributed by atoms with van der Waals surface area (Å²) < 4.78 is 5.80. The van der Waals surface area contributed by atoms with E-state index in [1.807, 2.05) is 56.3 Å². The zero-order chi connectivity index (χ0) is 19.9. The highest BCUT2D eigenvalue weighted by atomic mass is 35.5. The molecule has 1 aromatic heterocycles. The van der Waals surface area contributed by atoms with Gasteiger partial charge in [-0.2, -0.15) is 0 Å². The van der Waals surface area contributed by atoms with Gasteiger partial charge < -0.3 is 9.73 Å². The van der Waals surface area contributed by atoms with E-state index in [-0.39, 0.29) is 5.91 Å². The number of benzene rings is 2. The monoisotopic (exact) mass is 414 g/mol. The van der Waals surface area contributed by atoms with E-state index in [4.69, 9.17) is 16.0 Å². The molecule has 1 heterocycles. The predicted molar refractivity (Wildman–Crippen MR) is 116 cm³/mol. The summed E-state index contributed by atoms with van der Waals surface area (Å²) in [7, 11) is 0. The number of halogens is 1. The summed E-state index contributed by atoms with van der Waals surface area (Å²) in [6, 6.07) is 15.7. The van der Waals surface area contributed by atoms with Gasteiger partial charge in [0.25, 0.3) is 0 Å².